The Morgan fingerprint density at radius 3 is 2.42 bits per heavy atom. The second-order valence-electron chi connectivity index (χ2n) is 6.14. The predicted molar refractivity (Wildman–Crippen MR) is 106 cm³/mol. The van der Waals surface area contributed by atoms with Gasteiger partial charge in [-0.15, -0.1) is 0 Å². The number of hydrogen-bond acceptors (Lipinski definition) is 2. The van der Waals surface area contributed by atoms with Gasteiger partial charge in [-0.2, -0.15) is 0 Å². The largest absolute Gasteiger partial charge is 0.330 e. The van der Waals surface area contributed by atoms with Gasteiger partial charge in [-0.25, -0.2) is 4.98 Å². The number of nitrogens with zero attached hydrogens (tertiary/aromatic N) is 1. The molecule has 0 saturated heterocycles. The summed E-state index contributed by atoms with van der Waals surface area (Å²) in [4.78, 5) is 4.86. The van der Waals surface area contributed by atoms with Crippen molar-refractivity contribution < 1.29 is 0 Å². The van der Waals surface area contributed by atoms with Gasteiger partial charge >= 0.3 is 0 Å². The van der Waals surface area contributed by atoms with Crippen molar-refractivity contribution in [3.63, 3.8) is 0 Å². The smallest absolute Gasteiger partial charge is 0.0712 e. The molecule has 2 N–H and O–H groups in total. The quantitative estimate of drug-likeness (QED) is 0.530. The van der Waals surface area contributed by atoms with E-state index in [1.807, 2.05) is 0 Å². The second-order valence-corrected chi connectivity index (χ2v) is 7.06. The summed E-state index contributed by atoms with van der Waals surface area (Å²) in [5.74, 6) is 0. The Bertz CT molecular complexity index is 797. The van der Waals surface area contributed by atoms with E-state index in [0.717, 1.165) is 40.6 Å². The van der Waals surface area contributed by atoms with Gasteiger partial charge < -0.3 is 5.73 Å². The van der Waals surface area contributed by atoms with Crippen molar-refractivity contribution in [1.82, 2.24) is 4.98 Å². The van der Waals surface area contributed by atoms with Crippen LogP contribution in [-0.2, 0) is 6.42 Å². The minimum Gasteiger partial charge on any atom is -0.330 e. The van der Waals surface area contributed by atoms with Crippen LogP contribution in [0.2, 0.25) is 0 Å². The summed E-state index contributed by atoms with van der Waals surface area (Å²) < 4.78 is 1.09. The van der Waals surface area contributed by atoms with E-state index in [1.54, 1.807) is 0 Å². The van der Waals surface area contributed by atoms with E-state index in [-0.39, 0.29) is 0 Å². The summed E-state index contributed by atoms with van der Waals surface area (Å²) in [6.07, 6.45) is 5.88. The third-order valence-electron chi connectivity index (χ3n) is 4.34. The maximum atomic E-state index is 5.58. The van der Waals surface area contributed by atoms with Crippen molar-refractivity contribution in [1.29, 1.82) is 0 Å². The summed E-state index contributed by atoms with van der Waals surface area (Å²) in [5.41, 5.74) is 10.3. The fraction of sp³-hybridized carbons (Fsp3) is 0.286. The number of aryl methyl sites for hydroxylation is 1. The SMILES string of the molecule is NCCCCCCc1cc(-c2ccc(Br)cc2)nc2ccccc12. The highest BCUT2D eigenvalue weighted by atomic mass is 79.9. The molecule has 3 heteroatoms. The fourth-order valence-electron chi connectivity index (χ4n) is 3.04. The second kappa shape index (κ2) is 8.41. The molecule has 124 valence electrons. The van der Waals surface area contributed by atoms with Gasteiger partial charge in [0.05, 0.1) is 11.2 Å². The van der Waals surface area contributed by atoms with Gasteiger partial charge in [0.25, 0.3) is 0 Å². The molecule has 0 amide bonds. The molecule has 24 heavy (non-hydrogen) atoms. The number of aromatic nitrogens is 1. The monoisotopic (exact) mass is 382 g/mol. The molecule has 0 aliphatic rings. The van der Waals surface area contributed by atoms with Crippen molar-refractivity contribution >= 4 is 26.8 Å². The van der Waals surface area contributed by atoms with E-state index < -0.39 is 0 Å². The lowest BCUT2D eigenvalue weighted by atomic mass is 9.99. The maximum absolute atomic E-state index is 5.58. The highest BCUT2D eigenvalue weighted by Gasteiger charge is 2.07. The molecule has 0 unspecified atom stereocenters. The van der Waals surface area contributed by atoms with Crippen LogP contribution in [0.1, 0.15) is 31.2 Å². The maximum Gasteiger partial charge on any atom is 0.0712 e. The van der Waals surface area contributed by atoms with Crippen molar-refractivity contribution in [2.45, 2.75) is 32.1 Å². The molecule has 2 aromatic carbocycles. The van der Waals surface area contributed by atoms with Crippen LogP contribution in [-0.4, -0.2) is 11.5 Å². The molecule has 3 aromatic rings. The average molecular weight is 383 g/mol. The van der Waals surface area contributed by atoms with Gasteiger partial charge in [0.15, 0.2) is 0 Å². The van der Waals surface area contributed by atoms with E-state index in [1.165, 1.54) is 30.2 Å². The van der Waals surface area contributed by atoms with Crippen molar-refractivity contribution in [2.24, 2.45) is 5.73 Å². The molecule has 3 rings (SSSR count). The molecule has 0 aliphatic carbocycles. The zero-order valence-corrected chi connectivity index (χ0v) is 15.4. The van der Waals surface area contributed by atoms with Gasteiger partial charge in [0.2, 0.25) is 0 Å². The summed E-state index contributed by atoms with van der Waals surface area (Å²) in [6.45, 7) is 0.798. The van der Waals surface area contributed by atoms with Crippen LogP contribution < -0.4 is 5.73 Å². The highest BCUT2D eigenvalue weighted by Crippen LogP contribution is 2.27. The van der Waals surface area contributed by atoms with E-state index >= 15 is 0 Å². The van der Waals surface area contributed by atoms with Gasteiger partial charge in [-0.3, -0.25) is 0 Å². The lowest BCUT2D eigenvalue weighted by molar-refractivity contribution is 0.648. The van der Waals surface area contributed by atoms with Gasteiger partial charge in [0.1, 0.15) is 0 Å². The van der Waals surface area contributed by atoms with Crippen LogP contribution in [0.3, 0.4) is 0 Å². The van der Waals surface area contributed by atoms with Crippen LogP contribution in [0.15, 0.2) is 59.1 Å². The number of nitrogens with two attached hydrogens (primary N) is 1. The Hall–Kier alpha value is -1.71. The zero-order chi connectivity index (χ0) is 16.8. The van der Waals surface area contributed by atoms with Gasteiger partial charge in [-0.05, 0) is 55.6 Å². The normalized spacial score (nSPS) is 11.1. The third-order valence-corrected chi connectivity index (χ3v) is 4.87. The highest BCUT2D eigenvalue weighted by molar-refractivity contribution is 9.10. The van der Waals surface area contributed by atoms with Crippen LogP contribution in [0.5, 0.6) is 0 Å². The summed E-state index contributed by atoms with van der Waals surface area (Å²) in [7, 11) is 0. The van der Waals surface area contributed by atoms with E-state index in [9.17, 15) is 0 Å². The van der Waals surface area contributed by atoms with Crippen LogP contribution in [0, 0.1) is 0 Å². The van der Waals surface area contributed by atoms with Gasteiger partial charge in [-0.1, -0.05) is 59.1 Å². The molecule has 0 aliphatic heterocycles. The Labute approximate surface area is 152 Å². The summed E-state index contributed by atoms with van der Waals surface area (Å²) >= 11 is 3.50. The van der Waals surface area contributed by atoms with Gasteiger partial charge in [0, 0.05) is 15.4 Å². The molecule has 1 aromatic heterocycles. The van der Waals surface area contributed by atoms with E-state index in [2.05, 4.69) is 70.5 Å². The average Bonchev–Trinajstić information content (AvgIpc) is 2.62. The van der Waals surface area contributed by atoms with Crippen molar-refractivity contribution in [2.75, 3.05) is 6.54 Å². The first-order chi connectivity index (χ1) is 11.8. The van der Waals surface area contributed by atoms with Crippen molar-refractivity contribution in [3.05, 3.63) is 64.6 Å². The van der Waals surface area contributed by atoms with Crippen LogP contribution in [0.4, 0.5) is 0 Å². The standard InChI is InChI=1S/C21H23BrN2/c22-18-12-10-16(11-13-18)21-15-17(7-3-1-2-6-14-23)19-8-4-5-9-20(19)24-21/h4-5,8-13,15H,1-3,6-7,14,23H2. The van der Waals surface area contributed by atoms with Crippen molar-refractivity contribution in [3.8, 4) is 11.3 Å². The third kappa shape index (κ3) is 4.22. The Kier molecular flexibility index (Phi) is 6.00. The molecule has 2 nitrogen and oxygen atoms in total. The molecular weight excluding hydrogens is 360 g/mol. The number of hydrogen-bond donors (Lipinski definition) is 1. The minimum absolute atomic E-state index is 0.798. The van der Waals surface area contributed by atoms with E-state index in [4.69, 9.17) is 10.7 Å². The molecule has 0 saturated carbocycles. The zero-order valence-electron chi connectivity index (χ0n) is 13.8. The summed E-state index contributed by atoms with van der Waals surface area (Å²) in [6, 6.07) is 19.1. The number of unbranched alkanes of at least 4 members (excludes halogenated alkanes) is 3. The van der Waals surface area contributed by atoms with Crippen LogP contribution >= 0.6 is 15.9 Å². The lowest BCUT2D eigenvalue weighted by Crippen LogP contribution is -1.98. The molecule has 1 heterocycles. The number of rotatable bonds is 7. The van der Waals surface area contributed by atoms with Crippen LogP contribution in [0.25, 0.3) is 22.2 Å². The minimum atomic E-state index is 0.798. The first kappa shape index (κ1) is 17.1. The molecular formula is C21H23BrN2. The Morgan fingerprint density at radius 2 is 1.62 bits per heavy atom. The van der Waals surface area contributed by atoms with E-state index in [0.29, 0.717) is 0 Å². The number of fused-ring (bicyclic) bond motifs is 1. The predicted octanol–water partition coefficient (Wildman–Crippen LogP) is 5.73. The summed E-state index contributed by atoms with van der Waals surface area (Å²) in [5, 5.41) is 1.28. The number of halogens is 1. The Morgan fingerprint density at radius 1 is 0.875 bits per heavy atom. The molecule has 0 spiro atoms. The topological polar surface area (TPSA) is 38.9 Å². The number of pyridine rings is 1. The molecule has 0 atom stereocenters. The first-order valence-electron chi connectivity index (χ1n) is 8.62. The fourth-order valence-corrected chi connectivity index (χ4v) is 3.30. The lowest BCUT2D eigenvalue weighted by Gasteiger charge is -2.10. The first-order valence-corrected chi connectivity index (χ1v) is 9.42. The number of benzene rings is 2. The molecule has 0 radical (unpaired) electrons. The number of para-hydroxylation sites is 1. The Balaban J connectivity index is 1.89. The molecule has 0 fully saturated rings. The molecule has 0 bridgehead atoms.